The van der Waals surface area contributed by atoms with Gasteiger partial charge < -0.3 is 24.6 Å². The van der Waals surface area contributed by atoms with E-state index in [0.29, 0.717) is 49.7 Å². The second kappa shape index (κ2) is 13.0. The van der Waals surface area contributed by atoms with Crippen LogP contribution in [0.3, 0.4) is 0 Å². The van der Waals surface area contributed by atoms with Gasteiger partial charge in [-0.3, -0.25) is 4.79 Å². The number of terminal acetylenes is 1. The lowest BCUT2D eigenvalue weighted by Crippen LogP contribution is -2.44. The lowest BCUT2D eigenvalue weighted by atomic mass is 10.1. The Labute approximate surface area is 254 Å². The van der Waals surface area contributed by atoms with E-state index in [1.165, 1.54) is 12.8 Å². The topological polar surface area (TPSA) is 79.8 Å². The van der Waals surface area contributed by atoms with Gasteiger partial charge in [0.2, 0.25) is 5.95 Å². The van der Waals surface area contributed by atoms with Crippen LogP contribution in [0.25, 0.3) is 11.1 Å². The van der Waals surface area contributed by atoms with Crippen LogP contribution in [0.5, 0.6) is 5.75 Å². The third-order valence-electron chi connectivity index (χ3n) is 8.50. The zero-order valence-electron chi connectivity index (χ0n) is 25.2. The van der Waals surface area contributed by atoms with E-state index in [-0.39, 0.29) is 18.1 Å². The number of rotatable bonds is 12. The van der Waals surface area contributed by atoms with Crippen LogP contribution in [-0.4, -0.2) is 59.2 Å². The number of morpholine rings is 1. The first-order valence-electron chi connectivity index (χ1n) is 15.6. The molecular weight excluding hydrogens is 538 g/mol. The average Bonchev–Trinajstić information content (AvgIpc) is 3.83. The first kappa shape index (κ1) is 29.0. The highest BCUT2D eigenvalue weighted by Crippen LogP contribution is 2.37. The van der Waals surface area contributed by atoms with Crippen LogP contribution in [0, 0.1) is 18.3 Å². The van der Waals surface area contributed by atoms with Crippen molar-refractivity contribution in [2.75, 3.05) is 36.5 Å². The fraction of sp³-hybridized carbons (Fsp3) is 0.457. The Bertz CT molecular complexity index is 1460. The van der Waals surface area contributed by atoms with Gasteiger partial charge >= 0.3 is 0 Å². The van der Waals surface area contributed by atoms with E-state index in [4.69, 9.17) is 25.9 Å². The number of unbranched alkanes of at least 4 members (excludes halogenated alkanes) is 3. The zero-order valence-corrected chi connectivity index (χ0v) is 25.2. The van der Waals surface area contributed by atoms with Crippen LogP contribution in [0.2, 0.25) is 0 Å². The van der Waals surface area contributed by atoms with Crippen LogP contribution in [-0.2, 0) is 11.3 Å². The summed E-state index contributed by atoms with van der Waals surface area (Å²) in [7, 11) is 0. The summed E-state index contributed by atoms with van der Waals surface area (Å²) >= 11 is 0. The Morgan fingerprint density at radius 2 is 1.79 bits per heavy atom. The minimum absolute atomic E-state index is 0.0321. The molecule has 8 nitrogen and oxygen atoms in total. The van der Waals surface area contributed by atoms with Gasteiger partial charge in [-0.05, 0) is 87.3 Å². The van der Waals surface area contributed by atoms with Crippen molar-refractivity contribution in [3.8, 4) is 29.2 Å². The van der Waals surface area contributed by atoms with Gasteiger partial charge in [0.05, 0.1) is 25.9 Å². The Hall–Kier alpha value is -4.09. The van der Waals surface area contributed by atoms with Crippen molar-refractivity contribution in [2.45, 2.75) is 71.1 Å². The minimum atomic E-state index is -0.0321. The normalized spacial score (nSPS) is 18.1. The number of aromatic nitrogens is 2. The van der Waals surface area contributed by atoms with Crippen molar-refractivity contribution >= 4 is 23.4 Å². The third kappa shape index (κ3) is 6.78. The molecule has 2 fully saturated rings. The maximum Gasteiger partial charge on any atom is 0.273 e. The molecule has 1 amide bonds. The summed E-state index contributed by atoms with van der Waals surface area (Å²) in [6, 6.07) is 16.6. The Kier molecular flexibility index (Phi) is 8.80. The van der Waals surface area contributed by atoms with Crippen LogP contribution in [0.15, 0.2) is 48.5 Å². The monoisotopic (exact) mass is 579 g/mol. The van der Waals surface area contributed by atoms with E-state index in [1.807, 2.05) is 30.9 Å². The molecule has 1 N–H and O–H groups in total. The number of benzene rings is 2. The number of hydrogen-bond donors (Lipinski definition) is 1. The van der Waals surface area contributed by atoms with E-state index < -0.39 is 0 Å². The Morgan fingerprint density at radius 3 is 2.49 bits per heavy atom. The lowest BCUT2D eigenvalue weighted by Gasteiger charge is -2.33. The number of hydrogen-bond acceptors (Lipinski definition) is 7. The maximum atomic E-state index is 13.3. The van der Waals surface area contributed by atoms with Crippen LogP contribution < -0.4 is 15.0 Å². The molecule has 1 atom stereocenters. The molecule has 0 radical (unpaired) electrons. The van der Waals surface area contributed by atoms with E-state index in [0.717, 1.165) is 60.4 Å². The maximum absolute atomic E-state index is 13.3. The van der Waals surface area contributed by atoms with Crippen molar-refractivity contribution in [3.05, 3.63) is 59.8 Å². The molecule has 1 unspecified atom stereocenters. The molecule has 43 heavy (non-hydrogen) atoms. The summed E-state index contributed by atoms with van der Waals surface area (Å²) in [6.07, 6.45) is 11.9. The number of anilines is 3. The van der Waals surface area contributed by atoms with Crippen molar-refractivity contribution in [1.29, 1.82) is 0 Å². The van der Waals surface area contributed by atoms with Crippen LogP contribution in [0.1, 0.15) is 68.4 Å². The van der Waals surface area contributed by atoms with Gasteiger partial charge in [-0.2, -0.15) is 4.98 Å². The predicted octanol–water partition coefficient (Wildman–Crippen LogP) is 6.44. The molecule has 1 aliphatic carbocycles. The molecule has 1 aromatic heterocycles. The van der Waals surface area contributed by atoms with Gasteiger partial charge in [0, 0.05) is 36.8 Å². The molecule has 1 saturated carbocycles. The zero-order chi connectivity index (χ0) is 29.8. The average molecular weight is 580 g/mol. The van der Waals surface area contributed by atoms with Gasteiger partial charge in [-0.15, -0.1) is 12.3 Å². The summed E-state index contributed by atoms with van der Waals surface area (Å²) < 4.78 is 11.9. The molecule has 2 aliphatic heterocycles. The Balaban J connectivity index is 1.16. The number of amides is 1. The summed E-state index contributed by atoms with van der Waals surface area (Å²) in [5, 5.41) is 3.52. The molecule has 2 aromatic carbocycles. The second-order valence-corrected chi connectivity index (χ2v) is 12.0. The highest BCUT2D eigenvalue weighted by atomic mass is 16.5. The van der Waals surface area contributed by atoms with Crippen molar-refractivity contribution < 1.29 is 14.3 Å². The third-order valence-corrected chi connectivity index (χ3v) is 8.50. The molecule has 0 bridgehead atoms. The quantitative estimate of drug-likeness (QED) is 0.195. The van der Waals surface area contributed by atoms with Crippen molar-refractivity contribution in [1.82, 2.24) is 14.9 Å². The molecule has 3 aliphatic rings. The summed E-state index contributed by atoms with van der Waals surface area (Å²) in [5.41, 5.74) is 4.50. The lowest BCUT2D eigenvalue weighted by molar-refractivity contribution is 0.0258. The van der Waals surface area contributed by atoms with Crippen LogP contribution >= 0.6 is 0 Å². The smallest absolute Gasteiger partial charge is 0.273 e. The highest BCUT2D eigenvalue weighted by Gasteiger charge is 2.38. The molecule has 0 spiro atoms. The Morgan fingerprint density at radius 1 is 1.05 bits per heavy atom. The van der Waals surface area contributed by atoms with Gasteiger partial charge in [0.15, 0.2) is 0 Å². The number of nitrogens with one attached hydrogen (secondary N) is 1. The summed E-state index contributed by atoms with van der Waals surface area (Å²) in [6.45, 7) is 7.40. The molecule has 3 aromatic rings. The molecule has 8 heteroatoms. The fourth-order valence-corrected chi connectivity index (χ4v) is 5.77. The molecule has 6 rings (SSSR count). The number of fused-ring (bicyclic) bond motifs is 1. The number of nitrogens with zero attached hydrogens (tertiary/aromatic N) is 4. The van der Waals surface area contributed by atoms with Crippen LogP contribution in [0.4, 0.5) is 17.5 Å². The number of ether oxygens (including phenoxy) is 2. The van der Waals surface area contributed by atoms with Crippen molar-refractivity contribution in [3.63, 3.8) is 0 Å². The summed E-state index contributed by atoms with van der Waals surface area (Å²) in [5.74, 6) is 5.45. The largest absolute Gasteiger partial charge is 0.494 e. The number of carbonyl (C=O) groups is 1. The molecule has 224 valence electrons. The molecular formula is C35H41N5O3. The first-order chi connectivity index (χ1) is 21.0. The SMILES string of the molecule is C#CCCCCCOc1ccc(-c2ccc(Nc3nc(N4CCOC(C5CC5)C4)nc4c3CN(C(C)C)C4=O)cc2)cc1. The van der Waals surface area contributed by atoms with Gasteiger partial charge in [-0.25, -0.2) is 4.98 Å². The van der Waals surface area contributed by atoms with Gasteiger partial charge in [0.25, 0.3) is 5.91 Å². The first-order valence-corrected chi connectivity index (χ1v) is 15.6. The van der Waals surface area contributed by atoms with Crippen molar-refractivity contribution in [2.24, 2.45) is 5.92 Å². The highest BCUT2D eigenvalue weighted by molar-refractivity contribution is 5.98. The molecule has 1 saturated heterocycles. The standard InChI is InChI=1S/C35H41N5O3/c1-4-5-6-7-8-20-42-29-17-13-26(14-18-29)25-11-15-28(16-12-25)36-33-30-22-40(24(2)3)34(41)32(30)37-35(38-33)39-19-21-43-31(23-39)27-9-10-27/h1,11-18,24,27,31H,5-10,19-23H2,2-3H3,(H,36,37,38). The van der Waals surface area contributed by atoms with E-state index in [9.17, 15) is 4.79 Å². The minimum Gasteiger partial charge on any atom is -0.494 e. The van der Waals surface area contributed by atoms with E-state index in [1.54, 1.807) is 0 Å². The van der Waals surface area contributed by atoms with E-state index in [2.05, 4.69) is 52.5 Å². The fourth-order valence-electron chi connectivity index (χ4n) is 5.77. The van der Waals surface area contributed by atoms with Gasteiger partial charge in [-0.1, -0.05) is 24.3 Å². The van der Waals surface area contributed by atoms with Gasteiger partial charge in [0.1, 0.15) is 17.3 Å². The molecule has 3 heterocycles. The van der Waals surface area contributed by atoms with E-state index >= 15 is 0 Å². The predicted molar refractivity (Wildman–Crippen MR) is 170 cm³/mol. The number of carbonyl (C=O) groups excluding carboxylic acids is 1. The second-order valence-electron chi connectivity index (χ2n) is 12.0. The summed E-state index contributed by atoms with van der Waals surface area (Å²) in [4.78, 5) is 27.2.